The Morgan fingerprint density at radius 3 is 2.95 bits per heavy atom. The number of rotatable bonds is 5. The van der Waals surface area contributed by atoms with Crippen LogP contribution in [0.2, 0.25) is 0 Å². The lowest BCUT2D eigenvalue weighted by Gasteiger charge is -2.24. The average Bonchev–Trinajstić information content (AvgIpc) is 3.13. The lowest BCUT2D eigenvalue weighted by molar-refractivity contribution is 0.500. The van der Waals surface area contributed by atoms with E-state index in [0.29, 0.717) is 12.6 Å². The van der Waals surface area contributed by atoms with E-state index in [1.54, 1.807) is 6.26 Å². The summed E-state index contributed by atoms with van der Waals surface area (Å²) in [6.45, 7) is 1.24. The zero-order valence-corrected chi connectivity index (χ0v) is 12.1. The molecule has 0 saturated heterocycles. The third-order valence-electron chi connectivity index (χ3n) is 3.30. The van der Waals surface area contributed by atoms with Crippen molar-refractivity contribution in [3.63, 3.8) is 0 Å². The van der Waals surface area contributed by atoms with E-state index in [4.69, 9.17) is 10.2 Å². The van der Waals surface area contributed by atoms with Crippen LogP contribution in [0.3, 0.4) is 0 Å². The van der Waals surface area contributed by atoms with Crippen LogP contribution in [0, 0.1) is 0 Å². The van der Waals surface area contributed by atoms with Gasteiger partial charge in [0.25, 0.3) is 0 Å². The first-order chi connectivity index (χ1) is 9.28. The molecule has 0 unspecified atom stereocenters. The molecule has 1 aliphatic carbocycles. The highest BCUT2D eigenvalue weighted by Gasteiger charge is 2.31. The second kappa shape index (κ2) is 5.35. The fourth-order valence-corrected chi connectivity index (χ4v) is 2.60. The van der Waals surface area contributed by atoms with Crippen molar-refractivity contribution in [2.24, 2.45) is 5.73 Å². The van der Waals surface area contributed by atoms with Gasteiger partial charge < -0.3 is 15.1 Å². The summed E-state index contributed by atoms with van der Waals surface area (Å²) in [4.78, 5) is 6.85. The second-order valence-corrected chi connectivity index (χ2v) is 5.69. The molecule has 0 aromatic carbocycles. The molecule has 0 atom stereocenters. The van der Waals surface area contributed by atoms with Gasteiger partial charge >= 0.3 is 0 Å². The van der Waals surface area contributed by atoms with Crippen molar-refractivity contribution < 1.29 is 4.42 Å². The Labute approximate surface area is 120 Å². The molecule has 2 aromatic heterocycles. The van der Waals surface area contributed by atoms with Crippen molar-refractivity contribution in [2.45, 2.75) is 32.0 Å². The molecule has 1 fully saturated rings. The van der Waals surface area contributed by atoms with E-state index in [1.165, 1.54) is 12.8 Å². The van der Waals surface area contributed by atoms with E-state index in [-0.39, 0.29) is 0 Å². The lowest BCUT2D eigenvalue weighted by Crippen LogP contribution is -2.27. The molecule has 19 heavy (non-hydrogen) atoms. The average molecular weight is 322 g/mol. The predicted octanol–water partition coefficient (Wildman–Crippen LogP) is 3.06. The van der Waals surface area contributed by atoms with Gasteiger partial charge in [0.05, 0.1) is 12.8 Å². The quantitative estimate of drug-likeness (QED) is 0.919. The molecule has 4 nitrogen and oxygen atoms in total. The van der Waals surface area contributed by atoms with Crippen LogP contribution in [0.15, 0.2) is 39.5 Å². The van der Waals surface area contributed by atoms with Crippen molar-refractivity contribution in [2.75, 3.05) is 4.90 Å². The molecule has 5 heteroatoms. The highest BCUT2D eigenvalue weighted by Crippen LogP contribution is 2.34. The van der Waals surface area contributed by atoms with Crippen LogP contribution >= 0.6 is 15.9 Å². The first-order valence-corrected chi connectivity index (χ1v) is 7.20. The standard InChI is InChI=1S/C14H16BrN3O/c15-11-6-10(7-16)14(17-8-11)18(12-3-4-12)9-13-2-1-5-19-13/h1-2,5-6,8,12H,3-4,7,9,16H2. The number of anilines is 1. The van der Waals surface area contributed by atoms with Crippen molar-refractivity contribution in [3.05, 3.63) is 46.5 Å². The highest BCUT2D eigenvalue weighted by molar-refractivity contribution is 9.10. The van der Waals surface area contributed by atoms with E-state index < -0.39 is 0 Å². The Balaban J connectivity index is 1.91. The number of furan rings is 1. The van der Waals surface area contributed by atoms with Crippen LogP contribution in [-0.2, 0) is 13.1 Å². The smallest absolute Gasteiger partial charge is 0.133 e. The zero-order chi connectivity index (χ0) is 13.2. The lowest BCUT2D eigenvalue weighted by atomic mass is 10.2. The Morgan fingerprint density at radius 2 is 2.32 bits per heavy atom. The minimum Gasteiger partial charge on any atom is -0.467 e. The molecule has 0 spiro atoms. The summed E-state index contributed by atoms with van der Waals surface area (Å²) in [6, 6.07) is 6.51. The summed E-state index contributed by atoms with van der Waals surface area (Å²) in [5.74, 6) is 1.93. The molecule has 0 radical (unpaired) electrons. The van der Waals surface area contributed by atoms with Gasteiger partial charge in [0, 0.05) is 28.8 Å². The number of nitrogens with zero attached hydrogens (tertiary/aromatic N) is 2. The second-order valence-electron chi connectivity index (χ2n) is 4.78. The molecular weight excluding hydrogens is 306 g/mol. The topological polar surface area (TPSA) is 55.3 Å². The molecule has 0 aliphatic heterocycles. The first-order valence-electron chi connectivity index (χ1n) is 6.41. The van der Waals surface area contributed by atoms with Gasteiger partial charge in [-0.1, -0.05) is 0 Å². The number of nitrogens with two attached hydrogens (primary N) is 1. The molecular formula is C14H16BrN3O. The van der Waals surface area contributed by atoms with Gasteiger partial charge in [-0.05, 0) is 47.0 Å². The molecule has 1 aliphatic rings. The van der Waals surface area contributed by atoms with Crippen molar-refractivity contribution >= 4 is 21.7 Å². The summed E-state index contributed by atoms with van der Waals surface area (Å²) < 4.78 is 6.41. The Bertz CT molecular complexity index is 552. The number of halogens is 1. The van der Waals surface area contributed by atoms with Gasteiger partial charge in [0.2, 0.25) is 0 Å². The van der Waals surface area contributed by atoms with E-state index in [9.17, 15) is 0 Å². The molecule has 0 amide bonds. The molecule has 2 heterocycles. The Morgan fingerprint density at radius 1 is 1.47 bits per heavy atom. The highest BCUT2D eigenvalue weighted by atomic mass is 79.9. The Hall–Kier alpha value is -1.33. The minimum absolute atomic E-state index is 0.489. The summed E-state index contributed by atoms with van der Waals surface area (Å²) in [5.41, 5.74) is 6.90. The number of hydrogen-bond donors (Lipinski definition) is 1. The normalized spacial score (nSPS) is 14.6. The Kier molecular flexibility index (Phi) is 3.57. The van der Waals surface area contributed by atoms with Crippen LogP contribution in [0.1, 0.15) is 24.2 Å². The molecule has 100 valence electrons. The van der Waals surface area contributed by atoms with Crippen LogP contribution in [0.4, 0.5) is 5.82 Å². The van der Waals surface area contributed by atoms with E-state index in [0.717, 1.165) is 28.2 Å². The SMILES string of the molecule is NCc1cc(Br)cnc1N(Cc1ccco1)C1CC1. The first kappa shape index (κ1) is 12.7. The number of pyridine rings is 1. The van der Waals surface area contributed by atoms with E-state index in [1.807, 2.05) is 24.4 Å². The van der Waals surface area contributed by atoms with Crippen LogP contribution in [-0.4, -0.2) is 11.0 Å². The van der Waals surface area contributed by atoms with E-state index in [2.05, 4.69) is 25.8 Å². The zero-order valence-electron chi connectivity index (χ0n) is 10.6. The van der Waals surface area contributed by atoms with Crippen LogP contribution in [0.5, 0.6) is 0 Å². The van der Waals surface area contributed by atoms with Gasteiger partial charge in [-0.15, -0.1) is 0 Å². The molecule has 1 saturated carbocycles. The number of hydrogen-bond acceptors (Lipinski definition) is 4. The van der Waals surface area contributed by atoms with Gasteiger partial charge in [-0.2, -0.15) is 0 Å². The summed E-state index contributed by atoms with van der Waals surface area (Å²) in [5, 5.41) is 0. The van der Waals surface area contributed by atoms with Gasteiger partial charge in [-0.3, -0.25) is 0 Å². The molecule has 3 rings (SSSR count). The maximum Gasteiger partial charge on any atom is 0.133 e. The van der Waals surface area contributed by atoms with Crippen molar-refractivity contribution in [3.8, 4) is 0 Å². The summed E-state index contributed by atoms with van der Waals surface area (Å²) in [6.07, 6.45) is 5.95. The summed E-state index contributed by atoms with van der Waals surface area (Å²) >= 11 is 3.44. The van der Waals surface area contributed by atoms with Gasteiger partial charge in [0.1, 0.15) is 11.6 Å². The molecule has 0 bridgehead atoms. The predicted molar refractivity (Wildman–Crippen MR) is 77.7 cm³/mol. The summed E-state index contributed by atoms with van der Waals surface area (Å²) in [7, 11) is 0. The van der Waals surface area contributed by atoms with Gasteiger partial charge in [0.15, 0.2) is 0 Å². The third kappa shape index (κ3) is 2.82. The van der Waals surface area contributed by atoms with E-state index >= 15 is 0 Å². The van der Waals surface area contributed by atoms with Gasteiger partial charge in [-0.25, -0.2) is 4.98 Å². The van der Waals surface area contributed by atoms with Crippen LogP contribution in [0.25, 0.3) is 0 Å². The van der Waals surface area contributed by atoms with Crippen LogP contribution < -0.4 is 10.6 Å². The van der Waals surface area contributed by atoms with Crippen molar-refractivity contribution in [1.29, 1.82) is 0 Å². The molecule has 2 aromatic rings. The maximum absolute atomic E-state index is 5.84. The monoisotopic (exact) mass is 321 g/mol. The largest absolute Gasteiger partial charge is 0.467 e. The maximum atomic E-state index is 5.84. The van der Waals surface area contributed by atoms with Crippen molar-refractivity contribution in [1.82, 2.24) is 4.98 Å². The molecule has 2 N–H and O–H groups in total. The third-order valence-corrected chi connectivity index (χ3v) is 3.73. The minimum atomic E-state index is 0.489. The fraction of sp³-hybridized carbons (Fsp3) is 0.357. The fourth-order valence-electron chi connectivity index (χ4n) is 2.22. The number of aromatic nitrogens is 1.